The molecule has 2 aliphatic heterocycles. The smallest absolute Gasteiger partial charge is 0.205 e. The molecule has 28 heavy (non-hydrogen) atoms. The molecule has 0 unspecified atom stereocenters. The molecule has 4 heterocycles. The molecule has 1 saturated heterocycles. The fourth-order valence-electron chi connectivity index (χ4n) is 4.96. The molecule has 142 valence electrons. The van der Waals surface area contributed by atoms with Gasteiger partial charge in [-0.05, 0) is 44.0 Å². The van der Waals surface area contributed by atoms with E-state index in [2.05, 4.69) is 11.1 Å². The quantitative estimate of drug-likeness (QED) is 0.647. The highest BCUT2D eigenvalue weighted by molar-refractivity contribution is 5.92. The molecule has 1 aromatic carbocycles. The number of benzene rings is 1. The van der Waals surface area contributed by atoms with Gasteiger partial charge in [-0.25, -0.2) is 0 Å². The molecule has 7 heteroatoms. The molecule has 2 atom stereocenters. The number of fused-ring (bicyclic) bond motifs is 6. The van der Waals surface area contributed by atoms with Crippen LogP contribution in [0.1, 0.15) is 42.9 Å². The van der Waals surface area contributed by atoms with Crippen molar-refractivity contribution in [3.8, 4) is 23.5 Å². The van der Waals surface area contributed by atoms with E-state index in [9.17, 15) is 20.6 Å². The molecule has 0 spiro atoms. The lowest BCUT2D eigenvalue weighted by Gasteiger charge is -2.25. The fourth-order valence-corrected chi connectivity index (χ4v) is 4.96. The van der Waals surface area contributed by atoms with E-state index < -0.39 is 11.2 Å². The van der Waals surface area contributed by atoms with Gasteiger partial charge in [0, 0.05) is 24.6 Å². The van der Waals surface area contributed by atoms with Crippen molar-refractivity contribution in [2.24, 2.45) is 0 Å². The first kappa shape index (κ1) is 17.0. The lowest BCUT2D eigenvalue weighted by atomic mass is 9.78. The highest BCUT2D eigenvalue weighted by Gasteiger charge is 2.61. The Bertz CT molecular complexity index is 1170. The first-order chi connectivity index (χ1) is 13.5. The predicted octanol–water partition coefficient (Wildman–Crippen LogP) is 2.93. The minimum absolute atomic E-state index is 0.0788. The Labute approximate surface area is 161 Å². The van der Waals surface area contributed by atoms with Crippen LogP contribution in [0, 0.1) is 11.3 Å². The normalized spacial score (nSPS) is 25.2. The number of rotatable bonds is 3. The molecular formula is C21H19N3O4. The highest BCUT2D eigenvalue weighted by Crippen LogP contribution is 2.65. The second-order valence-electron chi connectivity index (χ2n) is 7.68. The molecule has 2 aliphatic rings. The van der Waals surface area contributed by atoms with Gasteiger partial charge < -0.3 is 20.1 Å². The van der Waals surface area contributed by atoms with Crippen LogP contribution in [0.4, 0.5) is 0 Å². The molecular weight excluding hydrogens is 358 g/mol. The van der Waals surface area contributed by atoms with Gasteiger partial charge in [-0.2, -0.15) is 5.26 Å². The van der Waals surface area contributed by atoms with E-state index in [1.165, 1.54) is 4.57 Å². The van der Waals surface area contributed by atoms with Gasteiger partial charge in [-0.1, -0.05) is 0 Å². The van der Waals surface area contributed by atoms with Gasteiger partial charge in [0.25, 0.3) is 0 Å². The van der Waals surface area contributed by atoms with Crippen molar-refractivity contribution in [1.82, 2.24) is 9.55 Å². The first-order valence-electron chi connectivity index (χ1n) is 9.22. The maximum atomic E-state index is 11.2. The average molecular weight is 377 g/mol. The van der Waals surface area contributed by atoms with Crippen molar-refractivity contribution in [2.45, 2.75) is 37.4 Å². The third kappa shape index (κ3) is 1.91. The van der Waals surface area contributed by atoms with E-state index in [0.29, 0.717) is 52.5 Å². The summed E-state index contributed by atoms with van der Waals surface area (Å²) in [6.45, 7) is 1.82. The van der Waals surface area contributed by atoms with Gasteiger partial charge in [-0.15, -0.1) is 0 Å². The lowest BCUT2D eigenvalue weighted by Crippen LogP contribution is -2.24. The molecule has 7 nitrogen and oxygen atoms in total. The number of hydrogen-bond donors (Lipinski definition) is 3. The summed E-state index contributed by atoms with van der Waals surface area (Å²) in [7, 11) is 0. The molecule has 0 amide bonds. The summed E-state index contributed by atoms with van der Waals surface area (Å²) in [6, 6.07) is 9.00. The monoisotopic (exact) mass is 377 g/mol. The Morgan fingerprint density at radius 3 is 2.75 bits per heavy atom. The van der Waals surface area contributed by atoms with Crippen molar-refractivity contribution in [3.63, 3.8) is 0 Å². The van der Waals surface area contributed by atoms with Crippen molar-refractivity contribution in [1.29, 1.82) is 5.26 Å². The SMILES string of the molecule is C[C@]12CC[C@](CCO)(O1)c1c2c(O)n(-c2ccc(C#N)c3ncccc23)c1O. The van der Waals surface area contributed by atoms with Crippen LogP contribution in [-0.2, 0) is 15.9 Å². The second kappa shape index (κ2) is 5.47. The van der Waals surface area contributed by atoms with Crippen LogP contribution in [-0.4, -0.2) is 31.5 Å². The van der Waals surface area contributed by atoms with Crippen LogP contribution >= 0.6 is 0 Å². The minimum Gasteiger partial charge on any atom is -0.494 e. The zero-order valence-corrected chi connectivity index (χ0v) is 15.3. The summed E-state index contributed by atoms with van der Waals surface area (Å²) in [5.74, 6) is -0.177. The summed E-state index contributed by atoms with van der Waals surface area (Å²) in [6.07, 6.45) is 3.33. The number of pyridine rings is 1. The summed E-state index contributed by atoms with van der Waals surface area (Å²) < 4.78 is 7.62. The summed E-state index contributed by atoms with van der Waals surface area (Å²) >= 11 is 0. The van der Waals surface area contributed by atoms with Crippen molar-refractivity contribution in [2.75, 3.05) is 6.61 Å². The third-order valence-corrected chi connectivity index (χ3v) is 6.16. The number of aromatic nitrogens is 2. The van der Waals surface area contributed by atoms with Gasteiger partial charge in [-0.3, -0.25) is 9.55 Å². The Morgan fingerprint density at radius 2 is 2.00 bits per heavy atom. The number of nitriles is 1. The van der Waals surface area contributed by atoms with Crippen molar-refractivity contribution < 1.29 is 20.1 Å². The maximum absolute atomic E-state index is 11.2. The largest absolute Gasteiger partial charge is 0.494 e. The third-order valence-electron chi connectivity index (χ3n) is 6.16. The van der Waals surface area contributed by atoms with E-state index in [4.69, 9.17) is 4.74 Å². The van der Waals surface area contributed by atoms with Crippen LogP contribution in [0.2, 0.25) is 0 Å². The topological polar surface area (TPSA) is 112 Å². The maximum Gasteiger partial charge on any atom is 0.205 e. The van der Waals surface area contributed by atoms with Gasteiger partial charge >= 0.3 is 0 Å². The van der Waals surface area contributed by atoms with Crippen LogP contribution in [0.5, 0.6) is 11.8 Å². The van der Waals surface area contributed by atoms with E-state index in [-0.39, 0.29) is 18.4 Å². The Balaban J connectivity index is 1.83. The molecule has 2 bridgehead atoms. The zero-order valence-electron chi connectivity index (χ0n) is 15.3. The zero-order chi connectivity index (χ0) is 19.7. The number of aliphatic hydroxyl groups excluding tert-OH is 1. The van der Waals surface area contributed by atoms with Crippen molar-refractivity contribution in [3.05, 3.63) is 47.2 Å². The summed E-state index contributed by atoms with van der Waals surface area (Å²) in [4.78, 5) is 4.30. The van der Waals surface area contributed by atoms with Gasteiger partial charge in [0.1, 0.15) is 11.7 Å². The van der Waals surface area contributed by atoms with Crippen LogP contribution in [0.15, 0.2) is 30.5 Å². The number of aliphatic hydroxyl groups is 1. The van der Waals surface area contributed by atoms with Gasteiger partial charge in [0.2, 0.25) is 11.8 Å². The van der Waals surface area contributed by atoms with Gasteiger partial charge in [0.15, 0.2) is 0 Å². The number of ether oxygens (including phenoxy) is 1. The van der Waals surface area contributed by atoms with E-state index in [1.54, 1.807) is 30.5 Å². The standard InChI is InChI=1S/C21H19N3O4/c1-20-6-7-21(28-20,8-10-25)16-15(20)18(26)24(19(16)27)14-5-4-12(11-22)17-13(14)3-2-9-23-17/h2-5,9,25-27H,6-8,10H2,1H3/t20-,21-/m1/s1. The molecule has 0 radical (unpaired) electrons. The fraction of sp³-hybridized carbons (Fsp3) is 0.333. The van der Waals surface area contributed by atoms with E-state index in [0.717, 1.165) is 0 Å². The molecule has 0 aliphatic carbocycles. The minimum atomic E-state index is -0.799. The first-order valence-corrected chi connectivity index (χ1v) is 9.22. The molecule has 3 N–H and O–H groups in total. The summed E-state index contributed by atoms with van der Waals surface area (Å²) in [5.41, 5.74) is 1.08. The number of hydrogen-bond acceptors (Lipinski definition) is 6. The molecule has 1 fully saturated rings. The average Bonchev–Trinajstić information content (AvgIpc) is 3.26. The summed E-state index contributed by atoms with van der Waals surface area (Å²) in [5, 5.41) is 41.9. The molecule has 3 aromatic rings. The van der Waals surface area contributed by atoms with Crippen LogP contribution < -0.4 is 0 Å². The predicted molar refractivity (Wildman–Crippen MR) is 100 cm³/mol. The van der Waals surface area contributed by atoms with Crippen LogP contribution in [0.25, 0.3) is 16.6 Å². The molecule has 2 aromatic heterocycles. The highest BCUT2D eigenvalue weighted by atomic mass is 16.5. The van der Waals surface area contributed by atoms with Crippen molar-refractivity contribution >= 4 is 10.9 Å². The Morgan fingerprint density at radius 1 is 1.21 bits per heavy atom. The molecule has 0 saturated carbocycles. The van der Waals surface area contributed by atoms with Crippen LogP contribution in [0.3, 0.4) is 0 Å². The Kier molecular flexibility index (Phi) is 3.33. The van der Waals surface area contributed by atoms with Gasteiger partial charge in [0.05, 0.1) is 33.5 Å². The van der Waals surface area contributed by atoms with E-state index in [1.807, 2.05) is 6.92 Å². The van der Waals surface area contributed by atoms with E-state index >= 15 is 0 Å². The second-order valence-corrected chi connectivity index (χ2v) is 7.68. The number of aromatic hydroxyl groups is 2. The number of nitrogens with zero attached hydrogens (tertiary/aromatic N) is 3. The molecule has 5 rings (SSSR count). The lowest BCUT2D eigenvalue weighted by molar-refractivity contribution is -0.0887. The Hall–Kier alpha value is -3.08.